The minimum Gasteiger partial charge on any atom is -0.454 e. The summed E-state index contributed by atoms with van der Waals surface area (Å²) in [5, 5.41) is 3.60. The summed E-state index contributed by atoms with van der Waals surface area (Å²) in [7, 11) is 0. The van der Waals surface area contributed by atoms with Crippen molar-refractivity contribution in [1.82, 2.24) is 5.32 Å². The van der Waals surface area contributed by atoms with Gasteiger partial charge in [-0.15, -0.1) is 0 Å². The summed E-state index contributed by atoms with van der Waals surface area (Å²) in [5.41, 5.74) is 3.95. The summed E-state index contributed by atoms with van der Waals surface area (Å²) in [6.07, 6.45) is 3.77. The van der Waals surface area contributed by atoms with E-state index in [2.05, 4.69) is 25.2 Å². The molecule has 1 saturated heterocycles. The highest BCUT2D eigenvalue weighted by molar-refractivity contribution is 5.56. The van der Waals surface area contributed by atoms with Crippen molar-refractivity contribution in [2.24, 2.45) is 0 Å². The van der Waals surface area contributed by atoms with Gasteiger partial charge in [-0.3, -0.25) is 0 Å². The van der Waals surface area contributed by atoms with Crippen LogP contribution in [0.1, 0.15) is 42.0 Å². The zero-order valence-corrected chi connectivity index (χ0v) is 10.5. The summed E-state index contributed by atoms with van der Waals surface area (Å²) in [5.74, 6) is 1.88. The molecule has 1 fully saturated rings. The van der Waals surface area contributed by atoms with Gasteiger partial charge in [0.1, 0.15) is 0 Å². The molecule has 0 spiro atoms. The first-order valence-electron chi connectivity index (χ1n) is 6.40. The van der Waals surface area contributed by atoms with E-state index in [-0.39, 0.29) is 0 Å². The van der Waals surface area contributed by atoms with E-state index in [1.807, 2.05) is 0 Å². The lowest BCUT2D eigenvalue weighted by Crippen LogP contribution is -2.27. The predicted octanol–water partition coefficient (Wildman–Crippen LogP) is 2.85. The van der Waals surface area contributed by atoms with Gasteiger partial charge in [0, 0.05) is 11.6 Å². The topological polar surface area (TPSA) is 30.5 Å². The normalized spacial score (nSPS) is 22.8. The fourth-order valence-corrected chi connectivity index (χ4v) is 2.81. The Morgan fingerprint density at radius 3 is 2.88 bits per heavy atom. The van der Waals surface area contributed by atoms with E-state index in [0.29, 0.717) is 12.8 Å². The second-order valence-corrected chi connectivity index (χ2v) is 4.97. The number of piperidine rings is 1. The molecule has 2 heterocycles. The zero-order chi connectivity index (χ0) is 11.8. The van der Waals surface area contributed by atoms with Gasteiger partial charge in [-0.05, 0) is 50.4 Å². The molecule has 3 heteroatoms. The highest BCUT2D eigenvalue weighted by Gasteiger charge is 2.27. The van der Waals surface area contributed by atoms with E-state index in [1.165, 1.54) is 36.0 Å². The minimum atomic E-state index is 0.359. The maximum absolute atomic E-state index is 5.66. The molecule has 92 valence electrons. The Balaban J connectivity index is 2.07. The lowest BCUT2D eigenvalue weighted by atomic mass is 9.91. The molecule has 1 unspecified atom stereocenters. The number of rotatable bonds is 1. The van der Waals surface area contributed by atoms with Crippen molar-refractivity contribution < 1.29 is 9.47 Å². The first-order chi connectivity index (χ1) is 8.27. The zero-order valence-electron chi connectivity index (χ0n) is 10.5. The van der Waals surface area contributed by atoms with Gasteiger partial charge in [0.15, 0.2) is 11.5 Å². The van der Waals surface area contributed by atoms with Crippen molar-refractivity contribution in [3.05, 3.63) is 22.8 Å². The summed E-state index contributed by atoms with van der Waals surface area (Å²) in [4.78, 5) is 0. The third-order valence-corrected chi connectivity index (χ3v) is 3.89. The van der Waals surface area contributed by atoms with E-state index in [4.69, 9.17) is 9.47 Å². The van der Waals surface area contributed by atoms with E-state index in [0.717, 1.165) is 18.0 Å². The molecule has 1 aromatic rings. The quantitative estimate of drug-likeness (QED) is 0.809. The molecule has 2 aliphatic heterocycles. The third-order valence-electron chi connectivity index (χ3n) is 3.89. The molecule has 0 saturated carbocycles. The van der Waals surface area contributed by atoms with Crippen LogP contribution in [0, 0.1) is 13.8 Å². The molecule has 3 rings (SSSR count). The maximum atomic E-state index is 5.66. The summed E-state index contributed by atoms with van der Waals surface area (Å²) >= 11 is 0. The monoisotopic (exact) mass is 233 g/mol. The van der Waals surface area contributed by atoms with Crippen LogP contribution in [0.15, 0.2) is 6.07 Å². The van der Waals surface area contributed by atoms with E-state index >= 15 is 0 Å². The number of hydrogen-bond acceptors (Lipinski definition) is 3. The molecule has 1 atom stereocenters. The number of benzene rings is 1. The average Bonchev–Trinajstić information content (AvgIpc) is 2.79. The second-order valence-electron chi connectivity index (χ2n) is 4.97. The molecular formula is C14H19NO2. The lowest BCUT2D eigenvalue weighted by Gasteiger charge is -2.26. The second kappa shape index (κ2) is 4.22. The standard InChI is InChI=1S/C14H19NO2/c1-9-7-12-14(17-8-16-12)13(10(9)2)11-5-3-4-6-15-11/h7,11,15H,3-6,8H2,1-2H3. The first kappa shape index (κ1) is 10.9. The van der Waals surface area contributed by atoms with Crippen molar-refractivity contribution in [2.75, 3.05) is 13.3 Å². The van der Waals surface area contributed by atoms with Crippen molar-refractivity contribution >= 4 is 0 Å². The summed E-state index contributed by atoms with van der Waals surface area (Å²) < 4.78 is 11.2. The average molecular weight is 233 g/mol. The Morgan fingerprint density at radius 2 is 2.12 bits per heavy atom. The molecule has 17 heavy (non-hydrogen) atoms. The Labute approximate surface area is 102 Å². The Hall–Kier alpha value is -1.22. The van der Waals surface area contributed by atoms with Crippen molar-refractivity contribution in [2.45, 2.75) is 39.2 Å². The van der Waals surface area contributed by atoms with Crippen LogP contribution in [-0.4, -0.2) is 13.3 Å². The number of ether oxygens (including phenoxy) is 2. The van der Waals surface area contributed by atoms with E-state index in [9.17, 15) is 0 Å². The number of aryl methyl sites for hydroxylation is 1. The molecule has 1 N–H and O–H groups in total. The molecule has 0 aromatic heterocycles. The fraction of sp³-hybridized carbons (Fsp3) is 0.571. The van der Waals surface area contributed by atoms with E-state index in [1.54, 1.807) is 0 Å². The first-order valence-corrected chi connectivity index (χ1v) is 6.40. The van der Waals surface area contributed by atoms with Gasteiger partial charge in [0.05, 0.1) is 0 Å². The SMILES string of the molecule is Cc1cc2c(c(C3CCCCN3)c1C)OCO2. The van der Waals surface area contributed by atoms with Crippen molar-refractivity contribution in [1.29, 1.82) is 0 Å². The van der Waals surface area contributed by atoms with Gasteiger partial charge in [0.25, 0.3) is 0 Å². The van der Waals surface area contributed by atoms with Gasteiger partial charge in [-0.1, -0.05) is 6.42 Å². The minimum absolute atomic E-state index is 0.359. The maximum Gasteiger partial charge on any atom is 0.231 e. The van der Waals surface area contributed by atoms with E-state index < -0.39 is 0 Å². The van der Waals surface area contributed by atoms with Gasteiger partial charge >= 0.3 is 0 Å². The highest BCUT2D eigenvalue weighted by Crippen LogP contribution is 2.43. The predicted molar refractivity (Wildman–Crippen MR) is 66.6 cm³/mol. The van der Waals surface area contributed by atoms with Crippen LogP contribution in [0.4, 0.5) is 0 Å². The van der Waals surface area contributed by atoms with Gasteiger partial charge in [-0.25, -0.2) is 0 Å². The van der Waals surface area contributed by atoms with Crippen LogP contribution in [-0.2, 0) is 0 Å². The van der Waals surface area contributed by atoms with Crippen LogP contribution >= 0.6 is 0 Å². The molecule has 0 bridgehead atoms. The van der Waals surface area contributed by atoms with Crippen LogP contribution in [0.5, 0.6) is 11.5 Å². The molecule has 0 amide bonds. The van der Waals surface area contributed by atoms with Crippen molar-refractivity contribution in [3.63, 3.8) is 0 Å². The van der Waals surface area contributed by atoms with Crippen LogP contribution in [0.2, 0.25) is 0 Å². The summed E-state index contributed by atoms with van der Waals surface area (Å²) in [6.45, 7) is 5.79. The third kappa shape index (κ3) is 1.78. The molecule has 2 aliphatic rings. The number of nitrogens with one attached hydrogen (secondary N) is 1. The highest BCUT2D eigenvalue weighted by atomic mass is 16.7. The smallest absolute Gasteiger partial charge is 0.231 e. The molecule has 1 aromatic carbocycles. The van der Waals surface area contributed by atoms with Gasteiger partial charge in [0.2, 0.25) is 6.79 Å². The van der Waals surface area contributed by atoms with Gasteiger partial charge in [-0.2, -0.15) is 0 Å². The number of fused-ring (bicyclic) bond motifs is 1. The molecule has 3 nitrogen and oxygen atoms in total. The lowest BCUT2D eigenvalue weighted by molar-refractivity contribution is 0.172. The molecule has 0 aliphatic carbocycles. The Kier molecular flexibility index (Phi) is 2.71. The number of hydrogen-bond donors (Lipinski definition) is 1. The largest absolute Gasteiger partial charge is 0.454 e. The Morgan fingerprint density at radius 1 is 1.24 bits per heavy atom. The van der Waals surface area contributed by atoms with Crippen LogP contribution in [0.3, 0.4) is 0 Å². The summed E-state index contributed by atoms with van der Waals surface area (Å²) in [6, 6.07) is 2.52. The molecular weight excluding hydrogens is 214 g/mol. The van der Waals surface area contributed by atoms with Crippen LogP contribution < -0.4 is 14.8 Å². The fourth-order valence-electron chi connectivity index (χ4n) is 2.81. The van der Waals surface area contributed by atoms with Crippen molar-refractivity contribution in [3.8, 4) is 11.5 Å². The molecule has 0 radical (unpaired) electrons. The van der Waals surface area contributed by atoms with Crippen LogP contribution in [0.25, 0.3) is 0 Å². The Bertz CT molecular complexity index is 436. The van der Waals surface area contributed by atoms with Gasteiger partial charge < -0.3 is 14.8 Å².